The molecule has 0 saturated heterocycles. The molecule has 38 heavy (non-hydrogen) atoms. The molecule has 2 aromatic heterocycles. The number of nitrogens with zero attached hydrogens (tertiary/aromatic N) is 4. The number of anilines is 2. The fourth-order valence-corrected chi connectivity index (χ4v) is 4.57. The van der Waals surface area contributed by atoms with Crippen molar-refractivity contribution in [2.75, 3.05) is 31.3 Å². The van der Waals surface area contributed by atoms with Crippen LogP contribution in [0.5, 0.6) is 0 Å². The summed E-state index contributed by atoms with van der Waals surface area (Å²) in [6.07, 6.45) is 7.30. The molecule has 3 N–H and O–H groups in total. The van der Waals surface area contributed by atoms with Gasteiger partial charge in [0, 0.05) is 36.0 Å². The van der Waals surface area contributed by atoms with Gasteiger partial charge in [0.15, 0.2) is 0 Å². The van der Waals surface area contributed by atoms with Crippen molar-refractivity contribution < 1.29 is 14.1 Å². The Labute approximate surface area is 226 Å². The molecular formula is C27H32ClN7O3. The second-order valence-electron chi connectivity index (χ2n) is 9.65. The van der Waals surface area contributed by atoms with E-state index in [0.29, 0.717) is 45.9 Å². The number of nitrogens with one attached hydrogen (secondary N) is 3. The highest BCUT2D eigenvalue weighted by Crippen LogP contribution is 2.32. The van der Waals surface area contributed by atoms with Crippen LogP contribution in [0.25, 0.3) is 11.3 Å². The maximum atomic E-state index is 12.8. The highest BCUT2D eigenvalue weighted by atomic mass is 35.5. The van der Waals surface area contributed by atoms with Crippen LogP contribution in [-0.2, 0) is 4.79 Å². The van der Waals surface area contributed by atoms with Gasteiger partial charge in [0.2, 0.25) is 11.9 Å². The lowest BCUT2D eigenvalue weighted by Gasteiger charge is -2.15. The molecule has 0 bridgehead atoms. The number of hydrogen-bond acceptors (Lipinski definition) is 8. The van der Waals surface area contributed by atoms with Gasteiger partial charge in [0.25, 0.3) is 5.91 Å². The maximum Gasteiger partial charge on any atom is 0.251 e. The minimum atomic E-state index is -0.211. The third-order valence-electron chi connectivity index (χ3n) is 6.27. The summed E-state index contributed by atoms with van der Waals surface area (Å²) in [4.78, 5) is 35.7. The molecule has 11 heteroatoms. The quantitative estimate of drug-likeness (QED) is 0.346. The van der Waals surface area contributed by atoms with Crippen LogP contribution in [0.2, 0.25) is 5.02 Å². The molecule has 0 aliphatic heterocycles. The van der Waals surface area contributed by atoms with Crippen LogP contribution in [0.3, 0.4) is 0 Å². The lowest BCUT2D eigenvalue weighted by atomic mass is 10.1. The molecule has 1 saturated carbocycles. The summed E-state index contributed by atoms with van der Waals surface area (Å²) in [7, 11) is 3.86. The van der Waals surface area contributed by atoms with Crippen molar-refractivity contribution in [2.24, 2.45) is 0 Å². The second-order valence-corrected chi connectivity index (χ2v) is 10.1. The number of rotatable bonds is 9. The van der Waals surface area contributed by atoms with Crippen molar-refractivity contribution in [3.8, 4) is 11.3 Å². The summed E-state index contributed by atoms with van der Waals surface area (Å²) in [5.74, 6) is 0.750. The van der Waals surface area contributed by atoms with E-state index in [9.17, 15) is 9.59 Å². The minimum absolute atomic E-state index is 0.0237. The van der Waals surface area contributed by atoms with E-state index in [1.54, 1.807) is 36.5 Å². The summed E-state index contributed by atoms with van der Waals surface area (Å²) in [5, 5.41) is 13.7. The van der Waals surface area contributed by atoms with Gasteiger partial charge in [-0.25, -0.2) is 9.97 Å². The zero-order valence-electron chi connectivity index (χ0n) is 21.9. The molecule has 0 spiro atoms. The van der Waals surface area contributed by atoms with E-state index in [2.05, 4.69) is 31.1 Å². The smallest absolute Gasteiger partial charge is 0.251 e. The topological polar surface area (TPSA) is 125 Å². The molecule has 1 aliphatic carbocycles. The Bertz CT molecular complexity index is 1300. The molecule has 0 radical (unpaired) electrons. The molecule has 1 aliphatic rings. The molecule has 1 fully saturated rings. The fourth-order valence-electron chi connectivity index (χ4n) is 4.39. The number of aryl methyl sites for hydroxylation is 2. The number of amides is 2. The predicted octanol–water partition coefficient (Wildman–Crippen LogP) is 4.22. The summed E-state index contributed by atoms with van der Waals surface area (Å²) in [6, 6.07) is 6.99. The van der Waals surface area contributed by atoms with Gasteiger partial charge in [0.05, 0.1) is 28.2 Å². The van der Waals surface area contributed by atoms with Crippen molar-refractivity contribution in [3.63, 3.8) is 0 Å². The highest BCUT2D eigenvalue weighted by molar-refractivity contribution is 6.33. The SMILES string of the molecule is Cc1noc(C)c1-c1nc(N[C@H]2CC[C@@H](NC(=O)c3ccc(NC(=O)/C=C/CN(C)C)cc3)C2)ncc1Cl. The van der Waals surface area contributed by atoms with Crippen LogP contribution in [0.4, 0.5) is 11.6 Å². The fraction of sp³-hybridized carbons (Fsp3) is 0.370. The summed E-state index contributed by atoms with van der Waals surface area (Å²) in [6.45, 7) is 4.34. The monoisotopic (exact) mass is 537 g/mol. The van der Waals surface area contributed by atoms with Gasteiger partial charge in [0.1, 0.15) is 5.76 Å². The van der Waals surface area contributed by atoms with Gasteiger partial charge >= 0.3 is 0 Å². The normalized spacial score (nSPS) is 17.2. The molecule has 10 nitrogen and oxygen atoms in total. The zero-order chi connectivity index (χ0) is 27.2. The number of benzene rings is 1. The molecule has 1 aromatic carbocycles. The first-order valence-electron chi connectivity index (χ1n) is 12.4. The molecule has 3 aromatic rings. The average molecular weight is 538 g/mol. The number of carbonyl (C=O) groups is 2. The number of likely N-dealkylation sites (N-methyl/N-ethyl adjacent to an activating group) is 1. The standard InChI is InChI=1S/C27H32ClN7O3/c1-16-24(17(2)38-34-16)25-22(28)15-29-27(33-25)32-21-12-11-20(14-21)31-26(37)18-7-9-19(10-8-18)30-23(36)6-5-13-35(3)4/h5-10,15,20-21H,11-14H2,1-4H3,(H,30,36)(H,31,37)(H,29,32,33)/b6-5+/t20-,21+/m1/s1. The van der Waals surface area contributed by atoms with Crippen LogP contribution in [-0.4, -0.2) is 64.6 Å². The molecule has 0 unspecified atom stereocenters. The Balaban J connectivity index is 1.30. The second kappa shape index (κ2) is 12.2. The van der Waals surface area contributed by atoms with Crippen molar-refractivity contribution >= 4 is 35.1 Å². The molecule has 4 rings (SSSR count). The lowest BCUT2D eigenvalue weighted by molar-refractivity contribution is -0.111. The largest absolute Gasteiger partial charge is 0.361 e. The molecule has 2 amide bonds. The van der Waals surface area contributed by atoms with E-state index < -0.39 is 0 Å². The first-order chi connectivity index (χ1) is 18.2. The van der Waals surface area contributed by atoms with E-state index in [-0.39, 0.29) is 23.9 Å². The Hall–Kier alpha value is -3.76. The molecule has 2 atom stereocenters. The number of halogens is 1. The van der Waals surface area contributed by atoms with Crippen LogP contribution in [0.1, 0.15) is 41.1 Å². The van der Waals surface area contributed by atoms with Crippen molar-refractivity contribution in [2.45, 2.75) is 45.2 Å². The lowest BCUT2D eigenvalue weighted by Crippen LogP contribution is -2.34. The Kier molecular flexibility index (Phi) is 8.75. The number of hydrogen-bond donors (Lipinski definition) is 3. The maximum absolute atomic E-state index is 12.8. The Morgan fingerprint density at radius 1 is 1.16 bits per heavy atom. The average Bonchev–Trinajstić information content (AvgIpc) is 3.45. The highest BCUT2D eigenvalue weighted by Gasteiger charge is 2.27. The van der Waals surface area contributed by atoms with Gasteiger partial charge in [-0.15, -0.1) is 0 Å². The van der Waals surface area contributed by atoms with Crippen LogP contribution < -0.4 is 16.0 Å². The van der Waals surface area contributed by atoms with E-state index in [0.717, 1.165) is 24.8 Å². The zero-order valence-corrected chi connectivity index (χ0v) is 22.7. The van der Waals surface area contributed by atoms with Crippen LogP contribution >= 0.6 is 11.6 Å². The van der Waals surface area contributed by atoms with Gasteiger partial charge in [-0.2, -0.15) is 0 Å². The summed E-state index contributed by atoms with van der Waals surface area (Å²) < 4.78 is 5.26. The van der Waals surface area contributed by atoms with E-state index in [1.807, 2.05) is 32.8 Å². The first-order valence-corrected chi connectivity index (χ1v) is 12.8. The van der Waals surface area contributed by atoms with Crippen LogP contribution in [0, 0.1) is 13.8 Å². The number of aromatic nitrogens is 3. The number of carbonyl (C=O) groups excluding carboxylic acids is 2. The Morgan fingerprint density at radius 3 is 2.58 bits per heavy atom. The minimum Gasteiger partial charge on any atom is -0.361 e. The molecule has 200 valence electrons. The Morgan fingerprint density at radius 2 is 1.89 bits per heavy atom. The van der Waals surface area contributed by atoms with E-state index >= 15 is 0 Å². The van der Waals surface area contributed by atoms with Crippen molar-refractivity contribution in [3.05, 3.63) is 64.7 Å². The molecule has 2 heterocycles. The van der Waals surface area contributed by atoms with Gasteiger partial charge in [-0.3, -0.25) is 9.59 Å². The third kappa shape index (κ3) is 6.96. The van der Waals surface area contributed by atoms with Gasteiger partial charge < -0.3 is 25.4 Å². The first kappa shape index (κ1) is 27.3. The predicted molar refractivity (Wildman–Crippen MR) is 147 cm³/mol. The van der Waals surface area contributed by atoms with E-state index in [1.165, 1.54) is 6.08 Å². The third-order valence-corrected chi connectivity index (χ3v) is 6.55. The van der Waals surface area contributed by atoms with Crippen molar-refractivity contribution in [1.29, 1.82) is 0 Å². The summed E-state index contributed by atoms with van der Waals surface area (Å²) >= 11 is 6.36. The summed E-state index contributed by atoms with van der Waals surface area (Å²) in [5.41, 5.74) is 3.22. The van der Waals surface area contributed by atoms with E-state index in [4.69, 9.17) is 16.1 Å². The van der Waals surface area contributed by atoms with Crippen LogP contribution in [0.15, 0.2) is 47.1 Å². The van der Waals surface area contributed by atoms with Gasteiger partial charge in [-0.1, -0.05) is 22.8 Å². The molecular weight excluding hydrogens is 506 g/mol. The van der Waals surface area contributed by atoms with Crippen molar-refractivity contribution in [1.82, 2.24) is 25.3 Å². The van der Waals surface area contributed by atoms with Gasteiger partial charge in [-0.05, 0) is 71.5 Å².